The van der Waals surface area contributed by atoms with E-state index in [2.05, 4.69) is 36.4 Å². The van der Waals surface area contributed by atoms with Crippen molar-refractivity contribution in [1.29, 1.82) is 0 Å². The van der Waals surface area contributed by atoms with Crippen molar-refractivity contribution in [1.82, 2.24) is 10.2 Å². The summed E-state index contributed by atoms with van der Waals surface area (Å²) in [6.45, 7) is 8.42. The number of ether oxygens (including phenoxy) is 2. The topological polar surface area (TPSA) is 58.1 Å². The third kappa shape index (κ3) is 6.83. The van der Waals surface area contributed by atoms with Gasteiger partial charge in [0.15, 0.2) is 17.5 Å². The molecule has 1 saturated carbocycles. The predicted octanol–water partition coefficient (Wildman–Crippen LogP) is 3.57. The molecule has 1 aromatic carbocycles. The van der Waals surface area contributed by atoms with E-state index in [-0.39, 0.29) is 24.0 Å². The zero-order chi connectivity index (χ0) is 18.2. The number of methoxy groups -OCH3 is 1. The number of halogens is 1. The number of rotatable bonds is 9. The molecule has 1 aromatic rings. The van der Waals surface area contributed by atoms with E-state index < -0.39 is 0 Å². The summed E-state index contributed by atoms with van der Waals surface area (Å²) in [5.74, 6) is 2.24. The van der Waals surface area contributed by atoms with Gasteiger partial charge in [-0.25, -0.2) is 0 Å². The first kappa shape index (κ1) is 22.8. The number of benzene rings is 1. The van der Waals surface area contributed by atoms with E-state index in [9.17, 15) is 0 Å². The van der Waals surface area contributed by atoms with Gasteiger partial charge in [0.1, 0.15) is 0 Å². The van der Waals surface area contributed by atoms with Crippen molar-refractivity contribution in [3.05, 3.63) is 18.2 Å². The summed E-state index contributed by atoms with van der Waals surface area (Å²) < 4.78 is 11.0. The lowest BCUT2D eigenvalue weighted by Gasteiger charge is -2.23. The van der Waals surface area contributed by atoms with E-state index in [1.807, 2.05) is 25.1 Å². The van der Waals surface area contributed by atoms with Crippen LogP contribution in [0.3, 0.4) is 0 Å². The summed E-state index contributed by atoms with van der Waals surface area (Å²) in [6.07, 6.45) is 2.63. The minimum Gasteiger partial charge on any atom is -0.493 e. The molecule has 1 unspecified atom stereocenters. The fourth-order valence-electron chi connectivity index (χ4n) is 2.66. The lowest BCUT2D eigenvalue weighted by atomic mass is 10.2. The van der Waals surface area contributed by atoms with Crippen LogP contribution in [0.4, 0.5) is 5.69 Å². The quantitative estimate of drug-likeness (QED) is 0.324. The summed E-state index contributed by atoms with van der Waals surface area (Å²) >= 11 is 0. The number of nitrogens with zero attached hydrogens (tertiary/aromatic N) is 2. The van der Waals surface area contributed by atoms with Crippen LogP contribution in [-0.4, -0.2) is 56.8 Å². The van der Waals surface area contributed by atoms with Gasteiger partial charge in [-0.3, -0.25) is 9.89 Å². The molecule has 0 spiro atoms. The molecule has 148 valence electrons. The summed E-state index contributed by atoms with van der Waals surface area (Å²) in [7, 11) is 3.84. The van der Waals surface area contributed by atoms with Gasteiger partial charge in [0.2, 0.25) is 0 Å². The lowest BCUT2D eigenvalue weighted by Crippen LogP contribution is -2.36. The van der Waals surface area contributed by atoms with Crippen molar-refractivity contribution < 1.29 is 9.47 Å². The molecule has 2 N–H and O–H groups in total. The monoisotopic (exact) mass is 476 g/mol. The first-order chi connectivity index (χ1) is 12.1. The van der Waals surface area contributed by atoms with Gasteiger partial charge in [0, 0.05) is 30.4 Å². The van der Waals surface area contributed by atoms with Crippen molar-refractivity contribution in [2.75, 3.05) is 39.2 Å². The van der Waals surface area contributed by atoms with Gasteiger partial charge < -0.3 is 20.1 Å². The normalized spacial score (nSPS) is 15.2. The highest BCUT2D eigenvalue weighted by molar-refractivity contribution is 14.0. The number of hydrogen-bond acceptors (Lipinski definition) is 4. The van der Waals surface area contributed by atoms with Crippen LogP contribution in [0.5, 0.6) is 11.5 Å². The Kier molecular flexibility index (Phi) is 10.1. The molecule has 1 fully saturated rings. The minimum absolute atomic E-state index is 0. The number of nitrogens with one attached hydrogen (secondary N) is 2. The number of guanidine groups is 1. The van der Waals surface area contributed by atoms with E-state index in [0.29, 0.717) is 12.6 Å². The lowest BCUT2D eigenvalue weighted by molar-refractivity contribution is 0.253. The Morgan fingerprint density at radius 2 is 2.04 bits per heavy atom. The molecule has 0 amide bonds. The Balaban J connectivity index is 0.00000338. The Labute approximate surface area is 174 Å². The van der Waals surface area contributed by atoms with Crippen molar-refractivity contribution in [2.45, 2.75) is 45.7 Å². The largest absolute Gasteiger partial charge is 0.493 e. The Bertz CT molecular complexity index is 579. The van der Waals surface area contributed by atoms with Gasteiger partial charge in [-0.2, -0.15) is 0 Å². The third-order valence-corrected chi connectivity index (χ3v) is 4.40. The molecular formula is C19H33IN4O2. The van der Waals surface area contributed by atoms with Gasteiger partial charge in [-0.15, -0.1) is 24.0 Å². The first-order valence-electron chi connectivity index (χ1n) is 9.17. The summed E-state index contributed by atoms with van der Waals surface area (Å²) in [5.41, 5.74) is 0.923. The number of anilines is 1. The van der Waals surface area contributed by atoms with Gasteiger partial charge in [0.05, 0.1) is 20.3 Å². The molecule has 6 nitrogen and oxygen atoms in total. The molecule has 1 aliphatic carbocycles. The molecule has 7 heteroatoms. The van der Waals surface area contributed by atoms with Crippen LogP contribution in [0.15, 0.2) is 23.2 Å². The maximum absolute atomic E-state index is 5.64. The second-order valence-corrected chi connectivity index (χ2v) is 6.39. The average molecular weight is 476 g/mol. The standard InChI is InChI=1S/C19H32N4O2.HI/c1-6-20-19(21-13-14(3)23(4)16-9-10-16)22-15-8-11-17(24-5)18(12-15)25-7-2;/h8,11-12,14,16H,6-7,9-10,13H2,1-5H3,(H2,20,21,22);1H. The van der Waals surface area contributed by atoms with E-state index in [1.54, 1.807) is 7.11 Å². The van der Waals surface area contributed by atoms with Crippen molar-refractivity contribution in [3.63, 3.8) is 0 Å². The number of aliphatic imine (C=N–C) groups is 1. The fourth-order valence-corrected chi connectivity index (χ4v) is 2.66. The maximum atomic E-state index is 5.64. The van der Waals surface area contributed by atoms with Crippen LogP contribution in [0, 0.1) is 0 Å². The molecule has 0 saturated heterocycles. The van der Waals surface area contributed by atoms with Crippen LogP contribution in [0.25, 0.3) is 0 Å². The fraction of sp³-hybridized carbons (Fsp3) is 0.632. The Hall–Kier alpha value is -1.22. The molecule has 2 rings (SSSR count). The van der Waals surface area contributed by atoms with Crippen LogP contribution in [0.2, 0.25) is 0 Å². The van der Waals surface area contributed by atoms with E-state index in [1.165, 1.54) is 12.8 Å². The molecule has 0 aromatic heterocycles. The van der Waals surface area contributed by atoms with Crippen LogP contribution in [0.1, 0.15) is 33.6 Å². The van der Waals surface area contributed by atoms with E-state index in [0.717, 1.165) is 42.3 Å². The van der Waals surface area contributed by atoms with Gasteiger partial charge >= 0.3 is 0 Å². The van der Waals surface area contributed by atoms with Gasteiger partial charge in [-0.1, -0.05) is 0 Å². The van der Waals surface area contributed by atoms with Gasteiger partial charge in [0.25, 0.3) is 0 Å². The number of likely N-dealkylation sites (N-methyl/N-ethyl adjacent to an activating group) is 1. The molecule has 0 heterocycles. The maximum Gasteiger partial charge on any atom is 0.195 e. The smallest absolute Gasteiger partial charge is 0.195 e. The van der Waals surface area contributed by atoms with Crippen LogP contribution < -0.4 is 20.1 Å². The zero-order valence-electron chi connectivity index (χ0n) is 16.5. The van der Waals surface area contributed by atoms with Crippen LogP contribution in [-0.2, 0) is 0 Å². The highest BCUT2D eigenvalue weighted by atomic mass is 127. The van der Waals surface area contributed by atoms with Gasteiger partial charge in [-0.05, 0) is 52.8 Å². The zero-order valence-corrected chi connectivity index (χ0v) is 18.9. The summed E-state index contributed by atoms with van der Waals surface area (Å²) in [4.78, 5) is 7.16. The second kappa shape index (κ2) is 11.5. The van der Waals surface area contributed by atoms with E-state index in [4.69, 9.17) is 14.5 Å². The van der Waals surface area contributed by atoms with Crippen LogP contribution >= 0.6 is 24.0 Å². The predicted molar refractivity (Wildman–Crippen MR) is 119 cm³/mol. The third-order valence-electron chi connectivity index (χ3n) is 4.40. The highest BCUT2D eigenvalue weighted by Crippen LogP contribution is 2.30. The molecule has 0 bridgehead atoms. The Morgan fingerprint density at radius 1 is 1.31 bits per heavy atom. The second-order valence-electron chi connectivity index (χ2n) is 6.39. The SMILES string of the molecule is CCNC(=NCC(C)N(C)C1CC1)Nc1ccc(OC)c(OCC)c1.I. The minimum atomic E-state index is 0. The summed E-state index contributed by atoms with van der Waals surface area (Å²) in [5, 5.41) is 6.65. The van der Waals surface area contributed by atoms with E-state index >= 15 is 0 Å². The molecule has 26 heavy (non-hydrogen) atoms. The van der Waals surface area contributed by atoms with Crippen molar-refractivity contribution >= 4 is 35.6 Å². The average Bonchev–Trinajstić information content (AvgIpc) is 3.44. The molecule has 1 atom stereocenters. The molecular weight excluding hydrogens is 443 g/mol. The molecule has 0 aliphatic heterocycles. The molecule has 1 aliphatic rings. The first-order valence-corrected chi connectivity index (χ1v) is 9.17. The van der Waals surface area contributed by atoms with Crippen molar-refractivity contribution in [2.24, 2.45) is 4.99 Å². The number of hydrogen-bond donors (Lipinski definition) is 2. The molecule has 0 radical (unpaired) electrons. The summed E-state index contributed by atoms with van der Waals surface area (Å²) in [6, 6.07) is 6.98. The Morgan fingerprint density at radius 3 is 2.62 bits per heavy atom. The van der Waals surface area contributed by atoms with Crippen molar-refractivity contribution in [3.8, 4) is 11.5 Å². The highest BCUT2D eigenvalue weighted by Gasteiger charge is 2.28.